The van der Waals surface area contributed by atoms with E-state index in [2.05, 4.69) is 37.3 Å². The fourth-order valence-corrected chi connectivity index (χ4v) is 2.88. The first-order chi connectivity index (χ1) is 9.88. The smallest absolute Gasteiger partial charge is 0.0436 e. The molecule has 1 aromatic rings. The van der Waals surface area contributed by atoms with Gasteiger partial charge in [-0.1, -0.05) is 88.6 Å². The van der Waals surface area contributed by atoms with Gasteiger partial charge in [-0.05, 0) is 24.3 Å². The lowest BCUT2D eigenvalue weighted by Gasteiger charge is -2.16. The fourth-order valence-electron chi connectivity index (χ4n) is 2.88. The Labute approximate surface area is 125 Å². The van der Waals surface area contributed by atoms with Crippen molar-refractivity contribution in [2.24, 2.45) is 0 Å². The number of hydrogen-bond acceptors (Lipinski definition) is 1. The highest BCUT2D eigenvalue weighted by molar-refractivity contribution is 5.19. The van der Waals surface area contributed by atoms with Crippen molar-refractivity contribution in [1.29, 1.82) is 0 Å². The Kier molecular flexibility index (Phi) is 10.3. The molecule has 1 heteroatoms. The maximum atomic E-state index is 9.22. The van der Waals surface area contributed by atoms with E-state index in [4.69, 9.17) is 0 Å². The molecule has 0 saturated carbocycles. The van der Waals surface area contributed by atoms with E-state index in [0.717, 1.165) is 6.42 Å². The van der Waals surface area contributed by atoms with Gasteiger partial charge >= 0.3 is 0 Å². The van der Waals surface area contributed by atoms with Crippen molar-refractivity contribution in [2.45, 2.75) is 77.0 Å². The van der Waals surface area contributed by atoms with Crippen molar-refractivity contribution in [3.05, 3.63) is 35.9 Å². The Hall–Kier alpha value is -0.820. The van der Waals surface area contributed by atoms with E-state index in [1.54, 1.807) is 0 Å². The minimum atomic E-state index is 0.302. The molecule has 0 saturated heterocycles. The first-order valence-electron chi connectivity index (χ1n) is 8.54. The van der Waals surface area contributed by atoms with Crippen molar-refractivity contribution in [3.63, 3.8) is 0 Å². The zero-order chi connectivity index (χ0) is 14.5. The second kappa shape index (κ2) is 12.0. The summed E-state index contributed by atoms with van der Waals surface area (Å²) in [7, 11) is 0. The molecule has 0 heterocycles. The van der Waals surface area contributed by atoms with E-state index in [1.165, 1.54) is 63.4 Å². The third-order valence-corrected chi connectivity index (χ3v) is 4.15. The lowest BCUT2D eigenvalue weighted by atomic mass is 9.90. The van der Waals surface area contributed by atoms with E-state index in [0.29, 0.717) is 12.5 Å². The minimum Gasteiger partial charge on any atom is -0.396 e. The van der Waals surface area contributed by atoms with Crippen molar-refractivity contribution >= 4 is 0 Å². The maximum Gasteiger partial charge on any atom is 0.0436 e. The number of hydrogen-bond donors (Lipinski definition) is 1. The number of aliphatic hydroxyl groups excluding tert-OH is 1. The van der Waals surface area contributed by atoms with E-state index in [1.807, 2.05) is 0 Å². The Bertz CT molecular complexity index is 307. The summed E-state index contributed by atoms with van der Waals surface area (Å²) < 4.78 is 0. The van der Waals surface area contributed by atoms with E-state index in [9.17, 15) is 5.11 Å². The zero-order valence-corrected chi connectivity index (χ0v) is 13.2. The molecule has 1 aromatic carbocycles. The molecule has 0 aromatic heterocycles. The van der Waals surface area contributed by atoms with Gasteiger partial charge in [-0.15, -0.1) is 0 Å². The van der Waals surface area contributed by atoms with Crippen LogP contribution in [0, 0.1) is 0 Å². The third-order valence-electron chi connectivity index (χ3n) is 4.15. The highest BCUT2D eigenvalue weighted by Crippen LogP contribution is 2.25. The number of benzene rings is 1. The van der Waals surface area contributed by atoms with Gasteiger partial charge in [0.2, 0.25) is 0 Å². The molecule has 1 rings (SSSR count). The molecule has 0 bridgehead atoms. The predicted molar refractivity (Wildman–Crippen MR) is 88.1 cm³/mol. The molecule has 0 amide bonds. The van der Waals surface area contributed by atoms with Gasteiger partial charge in [-0.3, -0.25) is 0 Å². The van der Waals surface area contributed by atoms with Gasteiger partial charge in [0.25, 0.3) is 0 Å². The molecule has 0 aliphatic rings. The SMILES string of the molecule is CCCCCCCCCCC(CCO)c1ccccc1. The molecule has 0 fully saturated rings. The Morgan fingerprint density at radius 3 is 2.00 bits per heavy atom. The second-order valence-corrected chi connectivity index (χ2v) is 5.88. The van der Waals surface area contributed by atoms with Gasteiger partial charge in [0.15, 0.2) is 0 Å². The molecule has 0 aliphatic carbocycles. The number of rotatable bonds is 12. The van der Waals surface area contributed by atoms with Crippen LogP contribution < -0.4 is 0 Å². The average Bonchev–Trinajstić information content (AvgIpc) is 2.50. The number of aliphatic hydroxyl groups is 1. The van der Waals surface area contributed by atoms with Crippen LogP contribution in [0.25, 0.3) is 0 Å². The number of unbranched alkanes of at least 4 members (excludes halogenated alkanes) is 7. The predicted octanol–water partition coefficient (Wildman–Crippen LogP) is 5.68. The highest BCUT2D eigenvalue weighted by Gasteiger charge is 2.10. The quantitative estimate of drug-likeness (QED) is 0.487. The molecule has 1 unspecified atom stereocenters. The molecular formula is C19H32O. The van der Waals surface area contributed by atoms with Gasteiger partial charge in [0.05, 0.1) is 0 Å². The summed E-state index contributed by atoms with van der Waals surface area (Å²) in [4.78, 5) is 0. The van der Waals surface area contributed by atoms with Crippen molar-refractivity contribution in [3.8, 4) is 0 Å². The van der Waals surface area contributed by atoms with Gasteiger partial charge in [-0.25, -0.2) is 0 Å². The van der Waals surface area contributed by atoms with Gasteiger partial charge < -0.3 is 5.11 Å². The van der Waals surface area contributed by atoms with E-state index in [-0.39, 0.29) is 0 Å². The maximum absolute atomic E-state index is 9.22. The summed E-state index contributed by atoms with van der Waals surface area (Å²) >= 11 is 0. The van der Waals surface area contributed by atoms with E-state index >= 15 is 0 Å². The van der Waals surface area contributed by atoms with Crippen molar-refractivity contribution in [1.82, 2.24) is 0 Å². The molecule has 0 radical (unpaired) electrons. The molecule has 20 heavy (non-hydrogen) atoms. The van der Waals surface area contributed by atoms with Gasteiger partial charge in [0.1, 0.15) is 0 Å². The van der Waals surface area contributed by atoms with Gasteiger partial charge in [0, 0.05) is 6.61 Å². The third kappa shape index (κ3) is 7.69. The Morgan fingerprint density at radius 1 is 0.800 bits per heavy atom. The van der Waals surface area contributed by atoms with Crippen LogP contribution in [0.3, 0.4) is 0 Å². The summed E-state index contributed by atoms with van der Waals surface area (Å²) in [5.74, 6) is 0.543. The standard InChI is InChI=1S/C19H32O/c1-2-3-4-5-6-7-8-10-15-19(16-17-20)18-13-11-9-12-14-18/h9,11-14,19-20H,2-8,10,15-17H2,1H3. The molecule has 1 nitrogen and oxygen atoms in total. The average molecular weight is 276 g/mol. The molecule has 114 valence electrons. The van der Waals surface area contributed by atoms with Crippen molar-refractivity contribution < 1.29 is 5.11 Å². The van der Waals surface area contributed by atoms with Crippen molar-refractivity contribution in [2.75, 3.05) is 6.61 Å². The fraction of sp³-hybridized carbons (Fsp3) is 0.684. The second-order valence-electron chi connectivity index (χ2n) is 5.88. The molecule has 1 atom stereocenters. The van der Waals surface area contributed by atoms with Gasteiger partial charge in [-0.2, -0.15) is 0 Å². The van der Waals surface area contributed by atoms with Crippen LogP contribution in [-0.2, 0) is 0 Å². The molecule has 1 N–H and O–H groups in total. The first-order valence-corrected chi connectivity index (χ1v) is 8.54. The molecule has 0 spiro atoms. The largest absolute Gasteiger partial charge is 0.396 e. The van der Waals surface area contributed by atoms with Crippen LogP contribution >= 0.6 is 0 Å². The minimum absolute atomic E-state index is 0.302. The topological polar surface area (TPSA) is 20.2 Å². The lowest BCUT2D eigenvalue weighted by molar-refractivity contribution is 0.271. The lowest BCUT2D eigenvalue weighted by Crippen LogP contribution is -2.01. The Morgan fingerprint density at radius 2 is 1.40 bits per heavy atom. The van der Waals surface area contributed by atoms with Crippen LogP contribution in [0.2, 0.25) is 0 Å². The van der Waals surface area contributed by atoms with E-state index < -0.39 is 0 Å². The summed E-state index contributed by atoms with van der Waals surface area (Å²) in [5.41, 5.74) is 1.39. The molecule has 0 aliphatic heterocycles. The summed E-state index contributed by atoms with van der Waals surface area (Å²) in [6.45, 7) is 2.57. The Balaban J connectivity index is 2.14. The summed E-state index contributed by atoms with van der Waals surface area (Å²) in [5, 5.41) is 9.22. The summed E-state index contributed by atoms with van der Waals surface area (Å²) in [6, 6.07) is 10.7. The van der Waals surface area contributed by atoms with Crippen LogP contribution in [0.15, 0.2) is 30.3 Å². The molecular weight excluding hydrogens is 244 g/mol. The monoisotopic (exact) mass is 276 g/mol. The normalized spacial score (nSPS) is 12.5. The van der Waals surface area contributed by atoms with Crippen LogP contribution in [0.5, 0.6) is 0 Å². The summed E-state index contributed by atoms with van der Waals surface area (Å²) in [6.07, 6.45) is 13.1. The first kappa shape index (κ1) is 17.2. The van der Waals surface area contributed by atoms with Crippen LogP contribution in [0.1, 0.15) is 82.6 Å². The van der Waals surface area contributed by atoms with Crippen LogP contribution in [-0.4, -0.2) is 11.7 Å². The zero-order valence-electron chi connectivity index (χ0n) is 13.2. The highest BCUT2D eigenvalue weighted by atomic mass is 16.3. The van der Waals surface area contributed by atoms with Crippen LogP contribution in [0.4, 0.5) is 0 Å².